The second kappa shape index (κ2) is 16.6. The number of benzene rings is 2. The van der Waals surface area contributed by atoms with Gasteiger partial charge in [-0.1, -0.05) is 102 Å². The summed E-state index contributed by atoms with van der Waals surface area (Å²) in [6, 6.07) is 15.0. The molecule has 230 valence electrons. The van der Waals surface area contributed by atoms with E-state index >= 15 is 0 Å². The van der Waals surface area contributed by atoms with E-state index in [0.717, 1.165) is 45.2 Å². The van der Waals surface area contributed by atoms with Crippen LogP contribution in [0.25, 0.3) is 0 Å². The second-order valence-electron chi connectivity index (χ2n) is 12.7. The number of rotatable bonds is 10. The molecule has 1 aliphatic heterocycles. The fourth-order valence-electron chi connectivity index (χ4n) is 5.90. The smallest absolute Gasteiger partial charge is 0.252 e. The molecule has 1 heterocycles. The molecule has 6 heteroatoms. The molecule has 1 atom stereocenters. The van der Waals surface area contributed by atoms with Crippen molar-refractivity contribution in [2.45, 2.75) is 117 Å². The van der Waals surface area contributed by atoms with E-state index in [-0.39, 0.29) is 23.5 Å². The molecular formula is C36H53N3O3. The van der Waals surface area contributed by atoms with Gasteiger partial charge in [-0.05, 0) is 74.8 Å². The van der Waals surface area contributed by atoms with Crippen LogP contribution in [0.15, 0.2) is 48.5 Å². The molecule has 0 spiro atoms. The maximum Gasteiger partial charge on any atom is 0.252 e. The predicted molar refractivity (Wildman–Crippen MR) is 171 cm³/mol. The molecule has 2 amide bonds. The lowest BCUT2D eigenvalue weighted by Crippen LogP contribution is -2.62. The minimum atomic E-state index is -0.986. The van der Waals surface area contributed by atoms with E-state index in [1.165, 1.54) is 29.5 Å². The highest BCUT2D eigenvalue weighted by atomic mass is 16.2. The molecule has 4 rings (SSSR count). The van der Waals surface area contributed by atoms with Crippen molar-refractivity contribution in [2.75, 3.05) is 13.1 Å². The molecule has 0 saturated heterocycles. The van der Waals surface area contributed by atoms with Gasteiger partial charge in [-0.25, -0.2) is 0 Å². The Hall–Kier alpha value is -2.99. The summed E-state index contributed by atoms with van der Waals surface area (Å²) in [6.45, 7) is 12.6. The molecule has 1 fully saturated rings. The van der Waals surface area contributed by atoms with Crippen molar-refractivity contribution < 1.29 is 14.4 Å². The third-order valence-corrected chi connectivity index (χ3v) is 8.49. The molecule has 1 aliphatic carbocycles. The van der Waals surface area contributed by atoms with Gasteiger partial charge in [-0.2, -0.15) is 0 Å². The van der Waals surface area contributed by atoms with Gasteiger partial charge in [0.15, 0.2) is 5.78 Å². The van der Waals surface area contributed by atoms with Gasteiger partial charge in [0.2, 0.25) is 5.91 Å². The summed E-state index contributed by atoms with van der Waals surface area (Å²) in [4.78, 5) is 42.8. The van der Waals surface area contributed by atoms with Crippen molar-refractivity contribution in [1.29, 1.82) is 0 Å². The standard InChI is InChI=1S/C32H43N3O3.C4H10/c1-23(2)19-28(29(36)22-35-18-10-13-26-20-24(3)14-15-27(26)21-35)33-31(38)32(16-8-5-9-17-32)34-30(37)25-11-6-4-7-12-25;1-3-4-2/h4,6-7,11-12,14-15,20,23,28H,5,8-10,13,16-19,21-22H2,1-3H3,(H,33,38)(H,34,37);3-4H2,1-2H3/t28-;/m0./s1. The van der Waals surface area contributed by atoms with Crippen LogP contribution in [0.5, 0.6) is 0 Å². The van der Waals surface area contributed by atoms with Crippen LogP contribution in [0.4, 0.5) is 0 Å². The molecular weight excluding hydrogens is 522 g/mol. The van der Waals surface area contributed by atoms with Crippen LogP contribution in [0, 0.1) is 12.8 Å². The molecule has 2 aromatic carbocycles. The number of nitrogens with zero attached hydrogens (tertiary/aromatic N) is 1. The number of carbonyl (C=O) groups is 3. The van der Waals surface area contributed by atoms with Crippen LogP contribution in [0.3, 0.4) is 0 Å². The van der Waals surface area contributed by atoms with Crippen LogP contribution >= 0.6 is 0 Å². The molecule has 2 aliphatic rings. The van der Waals surface area contributed by atoms with Gasteiger partial charge in [0.1, 0.15) is 5.54 Å². The third kappa shape index (κ3) is 9.79. The van der Waals surface area contributed by atoms with E-state index in [2.05, 4.69) is 68.4 Å². The number of ketones is 1. The normalized spacial score (nSPS) is 17.2. The summed E-state index contributed by atoms with van der Waals surface area (Å²) in [5.41, 5.74) is 3.48. The highest BCUT2D eigenvalue weighted by molar-refractivity contribution is 6.00. The average Bonchev–Trinajstić information content (AvgIpc) is 3.18. The highest BCUT2D eigenvalue weighted by Gasteiger charge is 2.42. The zero-order valence-electron chi connectivity index (χ0n) is 26.6. The largest absolute Gasteiger partial charge is 0.344 e. The number of carbonyl (C=O) groups excluding carboxylic acids is 3. The summed E-state index contributed by atoms with van der Waals surface area (Å²) in [7, 11) is 0. The van der Waals surface area contributed by atoms with Crippen LogP contribution < -0.4 is 10.6 Å². The molecule has 0 aromatic heterocycles. The number of unbranched alkanes of at least 4 members (excludes halogenated alkanes) is 1. The van der Waals surface area contributed by atoms with Crippen LogP contribution in [-0.4, -0.2) is 47.2 Å². The van der Waals surface area contributed by atoms with E-state index < -0.39 is 11.6 Å². The third-order valence-electron chi connectivity index (χ3n) is 8.49. The van der Waals surface area contributed by atoms with Crippen molar-refractivity contribution in [3.63, 3.8) is 0 Å². The summed E-state index contributed by atoms with van der Waals surface area (Å²) >= 11 is 0. The number of fused-ring (bicyclic) bond motifs is 1. The molecule has 0 bridgehead atoms. The van der Waals surface area contributed by atoms with E-state index in [9.17, 15) is 14.4 Å². The van der Waals surface area contributed by atoms with Crippen molar-refractivity contribution in [3.05, 3.63) is 70.8 Å². The minimum Gasteiger partial charge on any atom is -0.344 e. The van der Waals surface area contributed by atoms with E-state index in [4.69, 9.17) is 0 Å². The lowest BCUT2D eigenvalue weighted by Gasteiger charge is -2.38. The number of aryl methyl sites for hydroxylation is 2. The summed E-state index contributed by atoms with van der Waals surface area (Å²) < 4.78 is 0. The fourth-order valence-corrected chi connectivity index (χ4v) is 5.90. The molecule has 0 unspecified atom stereocenters. The van der Waals surface area contributed by atoms with Crippen LogP contribution in [-0.2, 0) is 22.6 Å². The Kier molecular flexibility index (Phi) is 13.2. The number of hydrogen-bond donors (Lipinski definition) is 2. The molecule has 0 radical (unpaired) electrons. The zero-order chi connectivity index (χ0) is 30.5. The maximum atomic E-state index is 13.8. The number of hydrogen-bond acceptors (Lipinski definition) is 4. The summed E-state index contributed by atoms with van der Waals surface area (Å²) in [5, 5.41) is 6.20. The van der Waals surface area contributed by atoms with Crippen LogP contribution in [0.2, 0.25) is 0 Å². The predicted octanol–water partition coefficient (Wildman–Crippen LogP) is 6.78. The summed E-state index contributed by atoms with van der Waals surface area (Å²) in [5.74, 6) is -0.175. The monoisotopic (exact) mass is 575 g/mol. The first kappa shape index (κ1) is 33.5. The SMILES string of the molecule is CCCC.Cc1ccc2c(c1)CCCN(CC(=O)[C@H](CC(C)C)NC(=O)C1(NC(=O)c3ccccc3)CCCCC1)C2. The quantitative estimate of drug-likeness (QED) is 0.327. The van der Waals surface area contributed by atoms with Gasteiger partial charge in [-0.15, -0.1) is 0 Å². The van der Waals surface area contributed by atoms with Gasteiger partial charge in [0.05, 0.1) is 12.6 Å². The lowest BCUT2D eigenvalue weighted by atomic mass is 9.80. The lowest BCUT2D eigenvalue weighted by molar-refractivity contribution is -0.133. The number of amides is 2. The molecule has 2 N–H and O–H groups in total. The topological polar surface area (TPSA) is 78.5 Å². The van der Waals surface area contributed by atoms with E-state index in [1.54, 1.807) is 12.1 Å². The minimum absolute atomic E-state index is 0.0444. The zero-order valence-corrected chi connectivity index (χ0v) is 26.6. The van der Waals surface area contributed by atoms with E-state index in [1.807, 2.05) is 18.2 Å². The first-order chi connectivity index (χ1) is 20.2. The van der Waals surface area contributed by atoms with Crippen molar-refractivity contribution >= 4 is 17.6 Å². The Bertz CT molecular complexity index is 1150. The fraction of sp³-hybridized carbons (Fsp3) is 0.583. The number of Topliss-reactive ketones (excluding diaryl/α,β-unsaturated/α-hetero) is 1. The van der Waals surface area contributed by atoms with Gasteiger partial charge >= 0.3 is 0 Å². The van der Waals surface area contributed by atoms with E-state index in [0.29, 0.717) is 31.4 Å². The first-order valence-electron chi connectivity index (χ1n) is 16.2. The second-order valence-corrected chi connectivity index (χ2v) is 12.7. The first-order valence-corrected chi connectivity index (χ1v) is 16.2. The van der Waals surface area contributed by atoms with Gasteiger partial charge in [-0.3, -0.25) is 19.3 Å². The Labute approximate surface area is 254 Å². The van der Waals surface area contributed by atoms with Crippen molar-refractivity contribution in [2.24, 2.45) is 5.92 Å². The molecule has 42 heavy (non-hydrogen) atoms. The average molecular weight is 576 g/mol. The molecule has 6 nitrogen and oxygen atoms in total. The number of nitrogens with one attached hydrogen (secondary N) is 2. The Balaban J connectivity index is 0.00000114. The van der Waals surface area contributed by atoms with Crippen LogP contribution in [0.1, 0.15) is 113 Å². The Morgan fingerprint density at radius 3 is 2.24 bits per heavy atom. The molecule has 2 aromatic rings. The van der Waals surface area contributed by atoms with Crippen molar-refractivity contribution in [1.82, 2.24) is 15.5 Å². The molecule has 1 saturated carbocycles. The maximum absolute atomic E-state index is 13.8. The summed E-state index contributed by atoms with van der Waals surface area (Å²) in [6.07, 6.45) is 9.22. The van der Waals surface area contributed by atoms with Crippen molar-refractivity contribution in [3.8, 4) is 0 Å². The van der Waals surface area contributed by atoms with Gasteiger partial charge in [0, 0.05) is 12.1 Å². The van der Waals surface area contributed by atoms with Gasteiger partial charge < -0.3 is 10.6 Å². The Morgan fingerprint density at radius 1 is 0.905 bits per heavy atom. The van der Waals surface area contributed by atoms with Gasteiger partial charge in [0.25, 0.3) is 5.91 Å². The Morgan fingerprint density at radius 2 is 1.60 bits per heavy atom. The highest BCUT2D eigenvalue weighted by Crippen LogP contribution is 2.29.